The minimum atomic E-state index is 0.446. The Hall–Kier alpha value is -0.540. The molecule has 0 amide bonds. The largest absolute Gasteiger partial charge is 0.374 e. The van der Waals surface area contributed by atoms with E-state index in [1.165, 1.54) is 24.1 Å². The summed E-state index contributed by atoms with van der Waals surface area (Å²) in [4.78, 5) is 2.34. The van der Waals surface area contributed by atoms with E-state index in [9.17, 15) is 0 Å². The van der Waals surface area contributed by atoms with Crippen LogP contribution in [0.3, 0.4) is 0 Å². The maximum absolute atomic E-state index is 5.81. The number of halogens is 1. The molecule has 2 rings (SSSR count). The second-order valence-corrected chi connectivity index (χ2v) is 5.82. The van der Waals surface area contributed by atoms with Gasteiger partial charge in [0.05, 0.1) is 0 Å². The van der Waals surface area contributed by atoms with Gasteiger partial charge in [0.15, 0.2) is 0 Å². The zero-order valence-corrected chi connectivity index (χ0v) is 11.5. The molecule has 88 valence electrons. The number of benzene rings is 1. The van der Waals surface area contributed by atoms with E-state index in [1.54, 1.807) is 0 Å². The van der Waals surface area contributed by atoms with Crippen LogP contribution in [0.15, 0.2) is 22.7 Å². The Morgan fingerprint density at radius 2 is 2.12 bits per heavy atom. The molecule has 1 fully saturated rings. The van der Waals surface area contributed by atoms with Crippen LogP contribution in [0.2, 0.25) is 0 Å². The molecule has 16 heavy (non-hydrogen) atoms. The molecule has 1 aromatic rings. The van der Waals surface area contributed by atoms with E-state index in [2.05, 4.69) is 53.0 Å². The smallest absolute Gasteiger partial charge is 0.0404 e. The van der Waals surface area contributed by atoms with Crippen LogP contribution in [0, 0.1) is 12.8 Å². The van der Waals surface area contributed by atoms with E-state index in [0.29, 0.717) is 6.04 Å². The van der Waals surface area contributed by atoms with Crippen molar-refractivity contribution in [3.05, 3.63) is 28.2 Å². The van der Waals surface area contributed by atoms with Crippen molar-refractivity contribution in [2.24, 2.45) is 11.7 Å². The molecule has 1 saturated carbocycles. The molecule has 1 aromatic carbocycles. The minimum absolute atomic E-state index is 0.446. The van der Waals surface area contributed by atoms with E-state index < -0.39 is 0 Å². The summed E-state index contributed by atoms with van der Waals surface area (Å²) in [6.45, 7) is 3.27. The second-order valence-electron chi connectivity index (χ2n) is 4.91. The van der Waals surface area contributed by atoms with Crippen molar-refractivity contribution in [1.29, 1.82) is 0 Å². The summed E-state index contributed by atoms with van der Waals surface area (Å²) in [7, 11) is 2.17. The molecule has 1 aliphatic rings. The standard InChI is InChI=1S/C13H19BrN2/c1-9-3-4-11(14)7-13(9)16(2)8-10-5-12(15)6-10/h3-4,7,10,12H,5-6,8,15H2,1-2H3. The number of rotatable bonds is 3. The van der Waals surface area contributed by atoms with Crippen molar-refractivity contribution in [3.8, 4) is 0 Å². The van der Waals surface area contributed by atoms with Gasteiger partial charge in [-0.3, -0.25) is 0 Å². The third-order valence-corrected chi connectivity index (χ3v) is 3.88. The highest BCUT2D eigenvalue weighted by Crippen LogP contribution is 2.30. The highest BCUT2D eigenvalue weighted by Gasteiger charge is 2.27. The van der Waals surface area contributed by atoms with Gasteiger partial charge < -0.3 is 10.6 Å². The lowest BCUT2D eigenvalue weighted by Gasteiger charge is -2.36. The summed E-state index contributed by atoms with van der Waals surface area (Å²) in [5.41, 5.74) is 8.45. The number of aryl methyl sites for hydroxylation is 1. The Morgan fingerprint density at radius 3 is 2.75 bits per heavy atom. The molecule has 0 aromatic heterocycles. The Morgan fingerprint density at radius 1 is 1.44 bits per heavy atom. The average Bonchev–Trinajstić information content (AvgIpc) is 2.19. The lowest BCUT2D eigenvalue weighted by atomic mass is 9.80. The number of nitrogens with zero attached hydrogens (tertiary/aromatic N) is 1. The van der Waals surface area contributed by atoms with Crippen LogP contribution in [0.25, 0.3) is 0 Å². The van der Waals surface area contributed by atoms with Crippen LogP contribution in [0.1, 0.15) is 18.4 Å². The molecule has 2 N–H and O–H groups in total. The van der Waals surface area contributed by atoms with Crippen LogP contribution < -0.4 is 10.6 Å². The molecule has 0 unspecified atom stereocenters. The van der Waals surface area contributed by atoms with Gasteiger partial charge in [-0.25, -0.2) is 0 Å². The van der Waals surface area contributed by atoms with Gasteiger partial charge in [0.2, 0.25) is 0 Å². The second kappa shape index (κ2) is 4.76. The van der Waals surface area contributed by atoms with Gasteiger partial charge >= 0.3 is 0 Å². The third kappa shape index (κ3) is 2.58. The van der Waals surface area contributed by atoms with Crippen LogP contribution in [0.5, 0.6) is 0 Å². The minimum Gasteiger partial charge on any atom is -0.374 e. The van der Waals surface area contributed by atoms with E-state index in [0.717, 1.165) is 16.9 Å². The summed E-state index contributed by atoms with van der Waals surface area (Å²) < 4.78 is 1.14. The first-order chi connectivity index (χ1) is 7.56. The predicted molar refractivity (Wildman–Crippen MR) is 72.8 cm³/mol. The van der Waals surface area contributed by atoms with Gasteiger partial charge in [0, 0.05) is 29.8 Å². The van der Waals surface area contributed by atoms with Crippen molar-refractivity contribution >= 4 is 21.6 Å². The molecular formula is C13H19BrN2. The van der Waals surface area contributed by atoms with Gasteiger partial charge in [-0.05, 0) is 43.4 Å². The maximum atomic E-state index is 5.81. The number of nitrogens with two attached hydrogens (primary N) is 1. The number of hydrogen-bond donors (Lipinski definition) is 1. The zero-order chi connectivity index (χ0) is 11.7. The van der Waals surface area contributed by atoms with Crippen molar-refractivity contribution in [2.75, 3.05) is 18.5 Å². The lowest BCUT2D eigenvalue weighted by molar-refractivity contribution is 0.271. The van der Waals surface area contributed by atoms with Gasteiger partial charge in [-0.2, -0.15) is 0 Å². The van der Waals surface area contributed by atoms with E-state index in [1.807, 2.05) is 0 Å². The lowest BCUT2D eigenvalue weighted by Crippen LogP contribution is -2.42. The van der Waals surface area contributed by atoms with Crippen molar-refractivity contribution in [1.82, 2.24) is 0 Å². The van der Waals surface area contributed by atoms with Gasteiger partial charge in [-0.1, -0.05) is 22.0 Å². The van der Waals surface area contributed by atoms with Crippen LogP contribution >= 0.6 is 15.9 Å². The Kier molecular flexibility index (Phi) is 3.55. The average molecular weight is 283 g/mol. The van der Waals surface area contributed by atoms with E-state index in [4.69, 9.17) is 5.73 Å². The van der Waals surface area contributed by atoms with Crippen LogP contribution in [-0.2, 0) is 0 Å². The Balaban J connectivity index is 2.02. The normalized spacial score (nSPS) is 24.0. The topological polar surface area (TPSA) is 29.3 Å². The summed E-state index contributed by atoms with van der Waals surface area (Å²) in [5.74, 6) is 0.776. The summed E-state index contributed by atoms with van der Waals surface area (Å²) >= 11 is 3.52. The first-order valence-electron chi connectivity index (χ1n) is 5.79. The van der Waals surface area contributed by atoms with Crippen molar-refractivity contribution in [2.45, 2.75) is 25.8 Å². The van der Waals surface area contributed by atoms with Crippen molar-refractivity contribution in [3.63, 3.8) is 0 Å². The third-order valence-electron chi connectivity index (χ3n) is 3.39. The molecule has 0 aliphatic heterocycles. The fourth-order valence-corrected chi connectivity index (χ4v) is 2.76. The predicted octanol–water partition coefficient (Wildman–Crippen LogP) is 2.93. The van der Waals surface area contributed by atoms with Crippen LogP contribution in [-0.4, -0.2) is 19.6 Å². The van der Waals surface area contributed by atoms with Gasteiger partial charge in [0.25, 0.3) is 0 Å². The Labute approximate surface area is 106 Å². The monoisotopic (exact) mass is 282 g/mol. The van der Waals surface area contributed by atoms with Crippen molar-refractivity contribution < 1.29 is 0 Å². The maximum Gasteiger partial charge on any atom is 0.0404 e. The van der Waals surface area contributed by atoms with E-state index >= 15 is 0 Å². The Bertz CT molecular complexity index is 372. The van der Waals surface area contributed by atoms with Crippen LogP contribution in [0.4, 0.5) is 5.69 Å². The molecule has 3 heteroatoms. The highest BCUT2D eigenvalue weighted by atomic mass is 79.9. The fourth-order valence-electron chi connectivity index (χ4n) is 2.42. The summed E-state index contributed by atoms with van der Waals surface area (Å²) in [6.07, 6.45) is 2.36. The summed E-state index contributed by atoms with van der Waals surface area (Å²) in [6, 6.07) is 6.88. The molecular weight excluding hydrogens is 264 g/mol. The van der Waals surface area contributed by atoms with E-state index in [-0.39, 0.29) is 0 Å². The highest BCUT2D eigenvalue weighted by molar-refractivity contribution is 9.10. The molecule has 0 bridgehead atoms. The van der Waals surface area contributed by atoms with Gasteiger partial charge in [0.1, 0.15) is 0 Å². The first kappa shape index (κ1) is 11.9. The quantitative estimate of drug-likeness (QED) is 0.924. The molecule has 0 atom stereocenters. The molecule has 1 aliphatic carbocycles. The number of hydrogen-bond acceptors (Lipinski definition) is 2. The SMILES string of the molecule is Cc1ccc(Br)cc1N(C)CC1CC(N)C1. The molecule has 0 radical (unpaired) electrons. The molecule has 0 spiro atoms. The molecule has 0 heterocycles. The summed E-state index contributed by atoms with van der Waals surface area (Å²) in [5, 5.41) is 0. The fraction of sp³-hybridized carbons (Fsp3) is 0.538. The molecule has 0 saturated heterocycles. The van der Waals surface area contributed by atoms with Gasteiger partial charge in [-0.15, -0.1) is 0 Å². The zero-order valence-electron chi connectivity index (χ0n) is 9.91. The first-order valence-corrected chi connectivity index (χ1v) is 6.58. The number of anilines is 1. The molecule has 2 nitrogen and oxygen atoms in total.